The summed E-state index contributed by atoms with van der Waals surface area (Å²) in [6.45, 7) is 4.27. The Morgan fingerprint density at radius 2 is 1.45 bits per heavy atom. The van der Waals surface area contributed by atoms with Crippen molar-refractivity contribution in [3.8, 4) is 5.69 Å². The molecule has 5 rings (SSSR count). The molecule has 31 heavy (non-hydrogen) atoms. The van der Waals surface area contributed by atoms with Crippen molar-refractivity contribution in [3.05, 3.63) is 126 Å². The molecule has 0 fully saturated rings. The largest absolute Gasteiger partial charge is 4.00 e. The first-order valence-corrected chi connectivity index (χ1v) is 9.75. The third kappa shape index (κ3) is 7.07. The Hall–Kier alpha value is -1.87. The molecule has 1 aromatic heterocycles. The fourth-order valence-electron chi connectivity index (χ4n) is 3.66. The predicted octanol–water partition coefficient (Wildman–Crippen LogP) is 0.968. The van der Waals surface area contributed by atoms with Crippen LogP contribution in [0.5, 0.6) is 0 Å². The molecule has 0 unspecified atom stereocenters. The van der Waals surface area contributed by atoms with Crippen LogP contribution in [0, 0.1) is 13.8 Å². The van der Waals surface area contributed by atoms with Crippen molar-refractivity contribution in [2.75, 3.05) is 0 Å². The van der Waals surface area contributed by atoms with Crippen LogP contribution >= 0.6 is 0 Å². The van der Waals surface area contributed by atoms with Crippen molar-refractivity contribution in [1.29, 1.82) is 0 Å². The van der Waals surface area contributed by atoms with Crippen LogP contribution in [0.4, 0.5) is 0 Å². The quantitative estimate of drug-likeness (QED) is 0.212. The number of rotatable bonds is 3. The smallest absolute Gasteiger partial charge is 1.00 e. The fourth-order valence-corrected chi connectivity index (χ4v) is 3.66. The van der Waals surface area contributed by atoms with E-state index in [9.17, 15) is 0 Å². The van der Waals surface area contributed by atoms with E-state index in [4.69, 9.17) is 0 Å². The summed E-state index contributed by atoms with van der Waals surface area (Å²) >= 11 is 0. The van der Waals surface area contributed by atoms with Gasteiger partial charge >= 0.3 is 25.8 Å². The van der Waals surface area contributed by atoms with Gasteiger partial charge in [-0.2, -0.15) is 17.7 Å². The van der Waals surface area contributed by atoms with Gasteiger partial charge in [0.25, 0.3) is 0 Å². The maximum absolute atomic E-state index is 2.25. The second-order valence-electron chi connectivity index (χ2n) is 7.33. The van der Waals surface area contributed by atoms with E-state index in [2.05, 4.69) is 122 Å². The molecular weight excluding hydrogens is 588 g/mol. The van der Waals surface area contributed by atoms with Crippen molar-refractivity contribution in [2.45, 2.75) is 20.3 Å². The number of aryl methyl sites for hydroxylation is 2. The Labute approximate surface area is 216 Å². The minimum Gasteiger partial charge on any atom is -1.00 e. The van der Waals surface area contributed by atoms with E-state index in [0.717, 1.165) is 6.42 Å². The SMILES string of the molecule is Cc1cc(C)n(-c2cc3ccccc3[cH-]2)c1.[Cl-].[Cl-].[Hf+4].c1ccc(C[c-]2cccc2)cc1. The molecule has 0 saturated carbocycles. The number of halogens is 2. The first-order chi connectivity index (χ1) is 13.7. The monoisotopic (exact) mass is 613 g/mol. The Morgan fingerprint density at radius 3 is 2.06 bits per heavy atom. The van der Waals surface area contributed by atoms with Crippen LogP contribution in [0.25, 0.3) is 16.5 Å². The fraction of sp³-hybridized carbons (Fsp3) is 0.111. The van der Waals surface area contributed by atoms with E-state index in [1.54, 1.807) is 0 Å². The molecule has 0 spiro atoms. The van der Waals surface area contributed by atoms with Crippen molar-refractivity contribution < 1.29 is 50.7 Å². The molecule has 0 radical (unpaired) electrons. The van der Waals surface area contributed by atoms with Crippen molar-refractivity contribution in [1.82, 2.24) is 4.57 Å². The molecule has 0 aliphatic rings. The third-order valence-electron chi connectivity index (χ3n) is 5.01. The van der Waals surface area contributed by atoms with Gasteiger partial charge in [0.1, 0.15) is 0 Å². The van der Waals surface area contributed by atoms with E-state index in [0.29, 0.717) is 0 Å². The summed E-state index contributed by atoms with van der Waals surface area (Å²) < 4.78 is 2.25. The van der Waals surface area contributed by atoms with Gasteiger partial charge in [-0.05, 0) is 37.6 Å². The Kier molecular flexibility index (Phi) is 11.3. The maximum Gasteiger partial charge on any atom is 4.00 e. The van der Waals surface area contributed by atoms with Crippen LogP contribution in [0.3, 0.4) is 0 Å². The maximum atomic E-state index is 2.25. The summed E-state index contributed by atoms with van der Waals surface area (Å²) in [7, 11) is 0. The molecule has 0 aliphatic heterocycles. The van der Waals surface area contributed by atoms with Crippen LogP contribution in [-0.4, -0.2) is 4.57 Å². The predicted molar refractivity (Wildman–Crippen MR) is 120 cm³/mol. The van der Waals surface area contributed by atoms with E-state index in [-0.39, 0.29) is 50.7 Å². The van der Waals surface area contributed by atoms with Gasteiger partial charge in [-0.15, -0.1) is 41.1 Å². The van der Waals surface area contributed by atoms with Crippen molar-refractivity contribution in [2.24, 2.45) is 0 Å². The van der Waals surface area contributed by atoms with E-state index >= 15 is 0 Å². The standard InChI is InChI=1S/C15H14N.C12H11.2ClH.Hf/c1-11-7-12(2)16(10-11)15-8-13-5-3-4-6-14(13)9-15;1-2-6-11(7-3-1)10-12-8-4-5-9-12;;;/h3-10H,1-2H3;1-9H,10H2;2*1H;/q2*-1;;;+4/p-2. The van der Waals surface area contributed by atoms with Crippen molar-refractivity contribution >= 4 is 10.8 Å². The molecule has 1 nitrogen and oxygen atoms in total. The zero-order chi connectivity index (χ0) is 19.3. The molecule has 0 atom stereocenters. The van der Waals surface area contributed by atoms with Gasteiger partial charge in [-0.25, -0.2) is 12.1 Å². The van der Waals surface area contributed by atoms with Crippen LogP contribution < -0.4 is 24.8 Å². The van der Waals surface area contributed by atoms with E-state index in [1.807, 2.05) is 0 Å². The van der Waals surface area contributed by atoms with E-state index in [1.165, 1.54) is 38.8 Å². The summed E-state index contributed by atoms with van der Waals surface area (Å²) in [4.78, 5) is 0. The first-order valence-electron chi connectivity index (χ1n) is 9.75. The van der Waals surface area contributed by atoms with Gasteiger partial charge in [0.15, 0.2) is 0 Å². The molecule has 4 aromatic carbocycles. The molecule has 1 heterocycles. The zero-order valence-electron chi connectivity index (χ0n) is 17.7. The number of hydrogen-bond acceptors (Lipinski definition) is 0. The van der Waals surface area contributed by atoms with Crippen LogP contribution in [0.15, 0.2) is 103 Å². The Balaban J connectivity index is 0.000000292. The number of aromatic nitrogens is 1. The van der Waals surface area contributed by atoms with Gasteiger partial charge in [0.2, 0.25) is 0 Å². The van der Waals surface area contributed by atoms with Gasteiger partial charge in [-0.1, -0.05) is 42.0 Å². The molecule has 0 saturated heterocycles. The Bertz CT molecular complexity index is 1120. The molecule has 0 amide bonds. The number of hydrogen-bond donors (Lipinski definition) is 0. The third-order valence-corrected chi connectivity index (χ3v) is 5.01. The van der Waals surface area contributed by atoms with Crippen LogP contribution in [0.2, 0.25) is 0 Å². The zero-order valence-corrected chi connectivity index (χ0v) is 22.8. The summed E-state index contributed by atoms with van der Waals surface area (Å²) in [5.41, 5.74) is 6.62. The minimum atomic E-state index is 0. The normalized spacial score (nSPS) is 9.61. The average Bonchev–Trinajstić information content (AvgIpc) is 3.43. The summed E-state index contributed by atoms with van der Waals surface area (Å²) in [6.07, 6.45) is 3.23. The average molecular weight is 613 g/mol. The molecule has 0 aliphatic carbocycles. The summed E-state index contributed by atoms with van der Waals surface area (Å²) in [5.74, 6) is 0. The van der Waals surface area contributed by atoms with Crippen LogP contribution in [0.1, 0.15) is 22.4 Å². The van der Waals surface area contributed by atoms with Gasteiger partial charge in [-0.3, -0.25) is 0 Å². The second kappa shape index (κ2) is 12.9. The molecule has 0 N–H and O–H groups in total. The first kappa shape index (κ1) is 27.2. The Morgan fingerprint density at radius 1 is 0.806 bits per heavy atom. The van der Waals surface area contributed by atoms with Gasteiger partial charge in [0.05, 0.1) is 0 Å². The molecule has 4 heteroatoms. The topological polar surface area (TPSA) is 4.93 Å². The molecule has 0 bridgehead atoms. The number of fused-ring (bicyclic) bond motifs is 1. The summed E-state index contributed by atoms with van der Waals surface area (Å²) in [6, 6.07) is 34.2. The second-order valence-corrected chi connectivity index (χ2v) is 7.33. The number of nitrogens with zero attached hydrogens (tertiary/aromatic N) is 1. The number of benzene rings is 2. The minimum absolute atomic E-state index is 0. The summed E-state index contributed by atoms with van der Waals surface area (Å²) in [5, 5.41) is 2.62. The molecule has 156 valence electrons. The van der Waals surface area contributed by atoms with Gasteiger partial charge in [0, 0.05) is 11.9 Å². The van der Waals surface area contributed by atoms with Crippen molar-refractivity contribution in [3.63, 3.8) is 0 Å². The van der Waals surface area contributed by atoms with Crippen LogP contribution in [-0.2, 0) is 32.3 Å². The molecule has 5 aromatic rings. The molecular formula is C27H25Cl2HfN. The van der Waals surface area contributed by atoms with Gasteiger partial charge < -0.3 is 29.4 Å². The van der Waals surface area contributed by atoms with E-state index < -0.39 is 0 Å².